The van der Waals surface area contributed by atoms with Crippen LogP contribution in [0.2, 0.25) is 0 Å². The summed E-state index contributed by atoms with van der Waals surface area (Å²) >= 11 is 0. The summed E-state index contributed by atoms with van der Waals surface area (Å²) in [6.07, 6.45) is 1.06. The highest BCUT2D eigenvalue weighted by Crippen LogP contribution is 2.17. The summed E-state index contributed by atoms with van der Waals surface area (Å²) in [4.78, 5) is 0. The summed E-state index contributed by atoms with van der Waals surface area (Å²) < 4.78 is 38.3. The van der Waals surface area contributed by atoms with Crippen molar-refractivity contribution in [3.8, 4) is 0 Å². The smallest absolute Gasteiger partial charge is 0.0707 e. The van der Waals surface area contributed by atoms with E-state index in [0.717, 1.165) is 13.0 Å². The van der Waals surface area contributed by atoms with E-state index in [1.165, 1.54) is 0 Å². The van der Waals surface area contributed by atoms with Gasteiger partial charge in [0.1, 0.15) is 0 Å². The number of hydrogen-bond acceptors (Lipinski definition) is 7. The molecule has 0 spiro atoms. The Bertz CT molecular complexity index is 305. The van der Waals surface area contributed by atoms with Gasteiger partial charge in [-0.2, -0.15) is 0 Å². The van der Waals surface area contributed by atoms with E-state index in [9.17, 15) is 0 Å². The van der Waals surface area contributed by atoms with Crippen molar-refractivity contribution in [2.75, 3.05) is 85.9 Å². The van der Waals surface area contributed by atoms with Crippen LogP contribution in [0.15, 0.2) is 0 Å². The Morgan fingerprint density at radius 1 is 0.379 bits per heavy atom. The molecule has 0 aromatic carbocycles. The van der Waals surface area contributed by atoms with Crippen molar-refractivity contribution >= 4 is 0 Å². The molecule has 176 valence electrons. The zero-order valence-electron chi connectivity index (χ0n) is 19.8. The van der Waals surface area contributed by atoms with Crippen LogP contribution >= 0.6 is 0 Å². The Hall–Kier alpha value is -0.280. The normalized spacial score (nSPS) is 12.6. The van der Waals surface area contributed by atoms with Crippen LogP contribution in [-0.2, 0) is 33.2 Å². The van der Waals surface area contributed by atoms with Gasteiger partial charge in [0.15, 0.2) is 0 Å². The minimum Gasteiger partial charge on any atom is -0.379 e. The van der Waals surface area contributed by atoms with Crippen LogP contribution < -0.4 is 0 Å². The summed E-state index contributed by atoms with van der Waals surface area (Å²) in [5.41, 5.74) is 0.202. The second-order valence-corrected chi connectivity index (χ2v) is 8.95. The van der Waals surface area contributed by atoms with Gasteiger partial charge in [0.2, 0.25) is 0 Å². The standard InChI is InChI=1S/C22H46O7/c1-21(2,3)7-8-23-9-10-24-11-12-25-13-14-26-15-16-27-17-18-28-19-20-29-22(4,5)6/h7-20H2,1-6H3. The first kappa shape index (κ1) is 28.7. The van der Waals surface area contributed by atoms with Crippen LogP contribution in [0.3, 0.4) is 0 Å². The lowest BCUT2D eigenvalue weighted by Gasteiger charge is -2.19. The first-order valence-electron chi connectivity index (χ1n) is 10.8. The van der Waals surface area contributed by atoms with Gasteiger partial charge in [-0.05, 0) is 32.6 Å². The molecule has 0 heterocycles. The van der Waals surface area contributed by atoms with E-state index < -0.39 is 0 Å². The Morgan fingerprint density at radius 3 is 0.931 bits per heavy atom. The van der Waals surface area contributed by atoms with E-state index in [1.54, 1.807) is 0 Å². The minimum absolute atomic E-state index is 0.116. The first-order valence-corrected chi connectivity index (χ1v) is 10.8. The topological polar surface area (TPSA) is 64.6 Å². The average Bonchev–Trinajstić information content (AvgIpc) is 2.61. The van der Waals surface area contributed by atoms with Crippen LogP contribution in [0.25, 0.3) is 0 Å². The van der Waals surface area contributed by atoms with Crippen LogP contribution in [0.4, 0.5) is 0 Å². The zero-order chi connectivity index (χ0) is 21.8. The number of rotatable bonds is 20. The van der Waals surface area contributed by atoms with Crippen molar-refractivity contribution in [1.82, 2.24) is 0 Å². The van der Waals surface area contributed by atoms with E-state index in [-0.39, 0.29) is 5.60 Å². The lowest BCUT2D eigenvalue weighted by Crippen LogP contribution is -2.22. The molecule has 0 atom stereocenters. The Kier molecular flexibility index (Phi) is 18.3. The molecule has 0 aliphatic heterocycles. The predicted octanol–water partition coefficient (Wildman–Crippen LogP) is 3.34. The zero-order valence-corrected chi connectivity index (χ0v) is 19.8. The molecule has 0 N–H and O–H groups in total. The molecule has 0 rings (SSSR count). The summed E-state index contributed by atoms with van der Waals surface area (Å²) in [7, 11) is 0. The molecule has 0 aliphatic carbocycles. The molecule has 0 aliphatic rings. The van der Waals surface area contributed by atoms with E-state index in [2.05, 4.69) is 20.8 Å². The quantitative estimate of drug-likeness (QED) is 0.279. The molecule has 0 bridgehead atoms. The van der Waals surface area contributed by atoms with Crippen molar-refractivity contribution in [2.24, 2.45) is 5.41 Å². The Labute approximate surface area is 178 Å². The van der Waals surface area contributed by atoms with E-state index in [1.807, 2.05) is 20.8 Å². The number of ether oxygens (including phenoxy) is 7. The van der Waals surface area contributed by atoms with Gasteiger partial charge in [0.25, 0.3) is 0 Å². The number of hydrogen-bond donors (Lipinski definition) is 0. The molecule has 0 fully saturated rings. The van der Waals surface area contributed by atoms with Gasteiger partial charge in [-0.3, -0.25) is 0 Å². The second kappa shape index (κ2) is 18.5. The van der Waals surface area contributed by atoms with Crippen molar-refractivity contribution in [2.45, 2.75) is 53.6 Å². The van der Waals surface area contributed by atoms with Crippen molar-refractivity contribution in [1.29, 1.82) is 0 Å². The van der Waals surface area contributed by atoms with Gasteiger partial charge < -0.3 is 33.2 Å². The predicted molar refractivity (Wildman–Crippen MR) is 115 cm³/mol. The molecule has 0 unspecified atom stereocenters. The van der Waals surface area contributed by atoms with Crippen molar-refractivity contribution in [3.05, 3.63) is 0 Å². The summed E-state index contributed by atoms with van der Waals surface area (Å²) in [6, 6.07) is 0. The molecule has 29 heavy (non-hydrogen) atoms. The SMILES string of the molecule is CC(C)(C)CCOCCOCCOCCOCCOCCOCCOC(C)(C)C. The molecule has 0 amide bonds. The largest absolute Gasteiger partial charge is 0.379 e. The molecule has 0 saturated carbocycles. The van der Waals surface area contributed by atoms with Gasteiger partial charge in [-0.1, -0.05) is 20.8 Å². The fourth-order valence-corrected chi connectivity index (χ4v) is 1.99. The maximum atomic E-state index is 5.56. The molecule has 7 nitrogen and oxygen atoms in total. The average molecular weight is 423 g/mol. The third-order valence-electron chi connectivity index (χ3n) is 3.62. The molecule has 0 aromatic rings. The van der Waals surface area contributed by atoms with Gasteiger partial charge in [-0.25, -0.2) is 0 Å². The molecular weight excluding hydrogens is 376 g/mol. The van der Waals surface area contributed by atoms with Gasteiger partial charge in [0, 0.05) is 6.61 Å². The monoisotopic (exact) mass is 422 g/mol. The van der Waals surface area contributed by atoms with E-state index in [0.29, 0.717) is 84.7 Å². The second-order valence-electron chi connectivity index (χ2n) is 8.95. The molecule has 0 radical (unpaired) electrons. The summed E-state index contributed by atoms with van der Waals surface area (Å²) in [5, 5.41) is 0. The maximum absolute atomic E-state index is 5.56. The Balaban J connectivity index is 3.07. The highest BCUT2D eigenvalue weighted by molar-refractivity contribution is 4.59. The van der Waals surface area contributed by atoms with Crippen LogP contribution in [0.1, 0.15) is 48.0 Å². The third-order valence-corrected chi connectivity index (χ3v) is 3.62. The lowest BCUT2D eigenvalue weighted by atomic mass is 9.93. The minimum atomic E-state index is -0.116. The van der Waals surface area contributed by atoms with Crippen LogP contribution in [-0.4, -0.2) is 91.5 Å². The fraction of sp³-hybridized carbons (Fsp3) is 1.00. The van der Waals surface area contributed by atoms with E-state index >= 15 is 0 Å². The molecule has 0 aromatic heterocycles. The highest BCUT2D eigenvalue weighted by Gasteiger charge is 2.09. The highest BCUT2D eigenvalue weighted by atomic mass is 16.6. The van der Waals surface area contributed by atoms with Gasteiger partial charge in [0.05, 0.1) is 84.9 Å². The summed E-state index contributed by atoms with van der Waals surface area (Å²) in [5.74, 6) is 0. The lowest BCUT2D eigenvalue weighted by molar-refractivity contribution is -0.0466. The van der Waals surface area contributed by atoms with Gasteiger partial charge >= 0.3 is 0 Å². The van der Waals surface area contributed by atoms with Crippen LogP contribution in [0, 0.1) is 5.41 Å². The fourth-order valence-electron chi connectivity index (χ4n) is 1.99. The van der Waals surface area contributed by atoms with Crippen LogP contribution in [0.5, 0.6) is 0 Å². The molecule has 0 saturated heterocycles. The molecule has 7 heteroatoms. The maximum Gasteiger partial charge on any atom is 0.0707 e. The first-order chi connectivity index (χ1) is 13.7. The summed E-state index contributed by atoms with van der Waals surface area (Å²) in [6.45, 7) is 20.4. The van der Waals surface area contributed by atoms with Gasteiger partial charge in [-0.15, -0.1) is 0 Å². The van der Waals surface area contributed by atoms with E-state index in [4.69, 9.17) is 33.2 Å². The Morgan fingerprint density at radius 2 is 0.655 bits per heavy atom. The van der Waals surface area contributed by atoms with Crippen molar-refractivity contribution in [3.63, 3.8) is 0 Å². The van der Waals surface area contributed by atoms with Crippen molar-refractivity contribution < 1.29 is 33.2 Å². The third kappa shape index (κ3) is 27.7. The molecular formula is C22H46O7.